The Kier molecular flexibility index (Phi) is 3.40. The third kappa shape index (κ3) is 2.28. The Bertz CT molecular complexity index is 870. The summed E-state index contributed by atoms with van der Waals surface area (Å²) in [7, 11) is 0. The van der Waals surface area contributed by atoms with Gasteiger partial charge in [-0.15, -0.1) is 0 Å². The molecule has 0 spiro atoms. The highest BCUT2D eigenvalue weighted by molar-refractivity contribution is 9.10. The van der Waals surface area contributed by atoms with Gasteiger partial charge >= 0.3 is 0 Å². The summed E-state index contributed by atoms with van der Waals surface area (Å²) < 4.78 is 0.970. The van der Waals surface area contributed by atoms with E-state index >= 15 is 0 Å². The zero-order chi connectivity index (χ0) is 14.3. The average molecular weight is 349 g/mol. The van der Waals surface area contributed by atoms with Crippen molar-refractivity contribution >= 4 is 38.4 Å². The highest BCUT2D eigenvalue weighted by Gasteiger charge is 2.10. The number of halogens is 2. The fourth-order valence-electron chi connectivity index (χ4n) is 2.35. The number of nitrogens with one attached hydrogen (secondary N) is 1. The van der Waals surface area contributed by atoms with E-state index in [-0.39, 0.29) is 5.56 Å². The summed E-state index contributed by atoms with van der Waals surface area (Å²) in [5.74, 6) is 0. The second-order valence-electron chi connectivity index (χ2n) is 4.65. The molecule has 3 rings (SSSR count). The van der Waals surface area contributed by atoms with Crippen LogP contribution in [0, 0.1) is 6.92 Å². The Morgan fingerprint density at radius 2 is 1.90 bits per heavy atom. The summed E-state index contributed by atoms with van der Waals surface area (Å²) in [4.78, 5) is 14.7. The van der Waals surface area contributed by atoms with Gasteiger partial charge in [0.25, 0.3) is 0 Å². The minimum Gasteiger partial charge on any atom is -0.322 e. The largest absolute Gasteiger partial charge is 0.322 e. The number of aromatic nitrogens is 1. The third-order valence-electron chi connectivity index (χ3n) is 3.36. The van der Waals surface area contributed by atoms with Crippen molar-refractivity contribution in [2.75, 3.05) is 0 Å². The van der Waals surface area contributed by atoms with Crippen LogP contribution in [-0.2, 0) is 0 Å². The van der Waals surface area contributed by atoms with Crippen molar-refractivity contribution < 1.29 is 0 Å². The van der Waals surface area contributed by atoms with Crippen molar-refractivity contribution in [2.24, 2.45) is 0 Å². The number of pyridine rings is 1. The van der Waals surface area contributed by atoms with E-state index in [1.807, 2.05) is 43.3 Å². The molecule has 2 nitrogen and oxygen atoms in total. The van der Waals surface area contributed by atoms with Gasteiger partial charge in [-0.25, -0.2) is 0 Å². The molecule has 1 heterocycles. The average Bonchev–Trinajstić information content (AvgIpc) is 2.42. The van der Waals surface area contributed by atoms with E-state index in [4.69, 9.17) is 11.6 Å². The van der Waals surface area contributed by atoms with Crippen LogP contribution in [0.3, 0.4) is 0 Å². The molecule has 0 saturated heterocycles. The van der Waals surface area contributed by atoms with Crippen LogP contribution >= 0.6 is 27.5 Å². The molecule has 0 unspecified atom stereocenters. The van der Waals surface area contributed by atoms with Crippen molar-refractivity contribution in [3.8, 4) is 11.1 Å². The molecule has 20 heavy (non-hydrogen) atoms. The summed E-state index contributed by atoms with van der Waals surface area (Å²) in [6.07, 6.45) is 0. The van der Waals surface area contributed by atoms with Crippen LogP contribution in [0.4, 0.5) is 0 Å². The molecule has 4 heteroatoms. The van der Waals surface area contributed by atoms with Crippen molar-refractivity contribution in [1.29, 1.82) is 0 Å². The molecular weight excluding hydrogens is 338 g/mol. The monoisotopic (exact) mass is 347 g/mol. The van der Waals surface area contributed by atoms with Gasteiger partial charge in [-0.1, -0.05) is 39.7 Å². The van der Waals surface area contributed by atoms with Gasteiger partial charge in [-0.3, -0.25) is 4.79 Å². The van der Waals surface area contributed by atoms with Gasteiger partial charge in [-0.2, -0.15) is 0 Å². The Morgan fingerprint density at radius 1 is 1.10 bits per heavy atom. The van der Waals surface area contributed by atoms with Gasteiger partial charge in [0.2, 0.25) is 5.56 Å². The van der Waals surface area contributed by atoms with Crippen LogP contribution in [0.5, 0.6) is 0 Å². The number of aromatic amines is 1. The fraction of sp³-hybridized carbons (Fsp3) is 0.0625. The maximum atomic E-state index is 11.9. The van der Waals surface area contributed by atoms with Crippen molar-refractivity contribution in [2.45, 2.75) is 6.92 Å². The Balaban J connectivity index is 2.44. The molecule has 0 aliphatic heterocycles. The van der Waals surface area contributed by atoms with E-state index in [1.54, 1.807) is 6.07 Å². The number of benzene rings is 2. The number of hydrogen-bond donors (Lipinski definition) is 1. The topological polar surface area (TPSA) is 32.9 Å². The minimum absolute atomic E-state index is 0.116. The minimum atomic E-state index is -0.116. The first-order valence-corrected chi connectivity index (χ1v) is 7.31. The van der Waals surface area contributed by atoms with Crippen LogP contribution < -0.4 is 5.56 Å². The van der Waals surface area contributed by atoms with Gasteiger partial charge in [0, 0.05) is 26.5 Å². The SMILES string of the molecule is Cc1c(Cl)cccc1-c1cc(=O)[nH]c2ccc(Br)cc12. The van der Waals surface area contributed by atoms with Crippen molar-refractivity contribution in [3.05, 3.63) is 67.9 Å². The Hall–Kier alpha value is -1.58. The number of fused-ring (bicyclic) bond motifs is 1. The van der Waals surface area contributed by atoms with Gasteiger partial charge in [0.05, 0.1) is 0 Å². The summed E-state index contributed by atoms with van der Waals surface area (Å²) in [6, 6.07) is 13.2. The lowest BCUT2D eigenvalue weighted by atomic mass is 9.97. The number of H-pyrrole nitrogens is 1. The zero-order valence-corrected chi connectivity index (χ0v) is 13.0. The molecule has 2 aromatic carbocycles. The lowest BCUT2D eigenvalue weighted by Gasteiger charge is -2.11. The molecule has 0 bridgehead atoms. The van der Waals surface area contributed by atoms with E-state index in [9.17, 15) is 4.79 Å². The van der Waals surface area contributed by atoms with Crippen LogP contribution in [0.15, 0.2) is 51.7 Å². The highest BCUT2D eigenvalue weighted by atomic mass is 79.9. The lowest BCUT2D eigenvalue weighted by Crippen LogP contribution is -2.05. The first-order chi connectivity index (χ1) is 9.56. The predicted molar refractivity (Wildman–Crippen MR) is 87.5 cm³/mol. The Morgan fingerprint density at radius 3 is 2.70 bits per heavy atom. The standard InChI is InChI=1S/C16H11BrClNO/c1-9-11(3-2-4-14(9)18)12-8-16(20)19-15-6-5-10(17)7-13(12)15/h2-8H,1H3,(H,19,20). The van der Waals surface area contributed by atoms with E-state index in [0.717, 1.165) is 32.1 Å². The Labute approximate surface area is 129 Å². The molecule has 0 saturated carbocycles. The molecule has 0 aliphatic carbocycles. The second kappa shape index (κ2) is 5.08. The molecule has 100 valence electrons. The van der Waals surface area contributed by atoms with Crippen molar-refractivity contribution in [1.82, 2.24) is 4.98 Å². The maximum absolute atomic E-state index is 11.9. The van der Waals surface area contributed by atoms with Gasteiger partial charge < -0.3 is 4.98 Å². The highest BCUT2D eigenvalue weighted by Crippen LogP contribution is 2.33. The molecule has 1 N–H and O–H groups in total. The maximum Gasteiger partial charge on any atom is 0.249 e. The first kappa shape index (κ1) is 13.4. The lowest BCUT2D eigenvalue weighted by molar-refractivity contribution is 1.30. The van der Waals surface area contributed by atoms with Crippen LogP contribution in [0.25, 0.3) is 22.0 Å². The van der Waals surface area contributed by atoms with Gasteiger partial charge in [-0.05, 0) is 47.9 Å². The van der Waals surface area contributed by atoms with E-state index < -0.39 is 0 Å². The summed E-state index contributed by atoms with van der Waals surface area (Å²) in [5.41, 5.74) is 3.54. The first-order valence-electron chi connectivity index (χ1n) is 6.14. The summed E-state index contributed by atoms with van der Waals surface area (Å²) in [6.45, 7) is 1.96. The van der Waals surface area contributed by atoms with Crippen LogP contribution in [-0.4, -0.2) is 4.98 Å². The van der Waals surface area contributed by atoms with Gasteiger partial charge in [0.15, 0.2) is 0 Å². The summed E-state index contributed by atoms with van der Waals surface area (Å²) >= 11 is 9.66. The quantitative estimate of drug-likeness (QED) is 0.665. The second-order valence-corrected chi connectivity index (χ2v) is 5.97. The molecule has 0 aliphatic rings. The fourth-order valence-corrected chi connectivity index (χ4v) is 2.88. The van der Waals surface area contributed by atoms with E-state index in [0.29, 0.717) is 5.02 Å². The normalized spacial score (nSPS) is 10.9. The zero-order valence-electron chi connectivity index (χ0n) is 10.7. The van der Waals surface area contributed by atoms with Gasteiger partial charge in [0.1, 0.15) is 0 Å². The molecule has 0 amide bonds. The number of hydrogen-bond acceptors (Lipinski definition) is 1. The molecule has 1 aromatic heterocycles. The molecule has 0 atom stereocenters. The molecule has 0 fully saturated rings. The van der Waals surface area contributed by atoms with E-state index in [1.165, 1.54) is 0 Å². The van der Waals surface area contributed by atoms with Crippen LogP contribution in [0.2, 0.25) is 5.02 Å². The van der Waals surface area contributed by atoms with E-state index in [2.05, 4.69) is 20.9 Å². The molecule has 3 aromatic rings. The molecular formula is C16H11BrClNO. The molecule has 0 radical (unpaired) electrons. The predicted octanol–water partition coefficient (Wildman–Crippen LogP) is 4.92. The number of rotatable bonds is 1. The third-order valence-corrected chi connectivity index (χ3v) is 4.27. The van der Waals surface area contributed by atoms with Crippen LogP contribution in [0.1, 0.15) is 5.56 Å². The van der Waals surface area contributed by atoms with Crippen molar-refractivity contribution in [3.63, 3.8) is 0 Å². The summed E-state index contributed by atoms with van der Waals surface area (Å²) in [5, 5.41) is 1.69. The smallest absolute Gasteiger partial charge is 0.249 e.